The molecular formula is C19H33N5O2. The Morgan fingerprint density at radius 2 is 1.96 bits per heavy atom. The minimum absolute atomic E-state index is 0.193. The van der Waals surface area contributed by atoms with Gasteiger partial charge in [-0.2, -0.15) is 0 Å². The number of ether oxygens (including phenoxy) is 1. The Kier molecular flexibility index (Phi) is 7.02. The standard InChI is InChI=1S/C19H33N5O2/c1-3-26-13-9-18(25)24-12-7-8-16(14-24)19-21-20-17(22(19)2)15-23-10-5-4-6-11-23/h16H,3-15H2,1-2H3. The predicted molar refractivity (Wildman–Crippen MR) is 99.8 cm³/mol. The molecule has 0 saturated carbocycles. The van der Waals surface area contributed by atoms with Crippen LogP contribution in [0.15, 0.2) is 0 Å². The summed E-state index contributed by atoms with van der Waals surface area (Å²) in [6.45, 7) is 7.93. The lowest BCUT2D eigenvalue weighted by Crippen LogP contribution is -2.40. The Morgan fingerprint density at radius 3 is 2.73 bits per heavy atom. The van der Waals surface area contributed by atoms with Crippen LogP contribution in [0.3, 0.4) is 0 Å². The van der Waals surface area contributed by atoms with Gasteiger partial charge in [-0.15, -0.1) is 10.2 Å². The van der Waals surface area contributed by atoms with Crippen molar-refractivity contribution < 1.29 is 9.53 Å². The van der Waals surface area contributed by atoms with Gasteiger partial charge in [-0.1, -0.05) is 6.42 Å². The van der Waals surface area contributed by atoms with Gasteiger partial charge in [0.2, 0.25) is 5.91 Å². The van der Waals surface area contributed by atoms with Crippen LogP contribution in [0, 0.1) is 0 Å². The van der Waals surface area contributed by atoms with Gasteiger partial charge in [-0.05, 0) is 45.7 Å². The van der Waals surface area contributed by atoms with Crippen LogP contribution in [0.25, 0.3) is 0 Å². The molecule has 1 aromatic heterocycles. The molecule has 0 bridgehead atoms. The van der Waals surface area contributed by atoms with E-state index in [9.17, 15) is 4.79 Å². The highest BCUT2D eigenvalue weighted by Gasteiger charge is 2.28. The van der Waals surface area contributed by atoms with E-state index in [4.69, 9.17) is 4.74 Å². The SMILES string of the molecule is CCOCCC(=O)N1CCCC(c2nnc(CN3CCCCC3)n2C)C1. The van der Waals surface area contributed by atoms with E-state index in [-0.39, 0.29) is 11.8 Å². The highest BCUT2D eigenvalue weighted by atomic mass is 16.5. The second-order valence-electron chi connectivity index (χ2n) is 7.50. The molecule has 0 radical (unpaired) electrons. The fraction of sp³-hybridized carbons (Fsp3) is 0.842. The molecule has 146 valence electrons. The maximum Gasteiger partial charge on any atom is 0.224 e. The highest BCUT2D eigenvalue weighted by Crippen LogP contribution is 2.26. The topological polar surface area (TPSA) is 63.5 Å². The molecule has 2 aliphatic rings. The highest BCUT2D eigenvalue weighted by molar-refractivity contribution is 5.76. The molecule has 0 aromatic carbocycles. The molecule has 1 atom stereocenters. The normalized spacial score (nSPS) is 21.9. The lowest BCUT2D eigenvalue weighted by Gasteiger charge is -2.32. The molecule has 0 N–H and O–H groups in total. The monoisotopic (exact) mass is 363 g/mol. The number of carbonyl (C=O) groups excluding carboxylic acids is 1. The van der Waals surface area contributed by atoms with Gasteiger partial charge in [-0.25, -0.2) is 0 Å². The number of carbonyl (C=O) groups is 1. The molecule has 1 aromatic rings. The summed E-state index contributed by atoms with van der Waals surface area (Å²) < 4.78 is 7.48. The largest absolute Gasteiger partial charge is 0.381 e. The zero-order chi connectivity index (χ0) is 18.4. The minimum Gasteiger partial charge on any atom is -0.381 e. The van der Waals surface area contributed by atoms with E-state index in [0.29, 0.717) is 19.6 Å². The zero-order valence-electron chi connectivity index (χ0n) is 16.3. The van der Waals surface area contributed by atoms with E-state index in [2.05, 4.69) is 26.7 Å². The summed E-state index contributed by atoms with van der Waals surface area (Å²) in [6, 6.07) is 0. The predicted octanol–water partition coefficient (Wildman–Crippen LogP) is 1.93. The van der Waals surface area contributed by atoms with Gasteiger partial charge < -0.3 is 14.2 Å². The first-order valence-electron chi connectivity index (χ1n) is 10.1. The fourth-order valence-corrected chi connectivity index (χ4v) is 4.06. The Hall–Kier alpha value is -1.47. The smallest absolute Gasteiger partial charge is 0.224 e. The van der Waals surface area contributed by atoms with Crippen LogP contribution in [0.2, 0.25) is 0 Å². The van der Waals surface area contributed by atoms with Crippen LogP contribution >= 0.6 is 0 Å². The Morgan fingerprint density at radius 1 is 1.15 bits per heavy atom. The average molecular weight is 364 g/mol. The number of piperidine rings is 2. The third kappa shape index (κ3) is 4.82. The second-order valence-corrected chi connectivity index (χ2v) is 7.50. The van der Waals surface area contributed by atoms with Crippen LogP contribution in [0.5, 0.6) is 0 Å². The molecule has 7 nitrogen and oxygen atoms in total. The summed E-state index contributed by atoms with van der Waals surface area (Å²) in [4.78, 5) is 16.9. The molecule has 7 heteroatoms. The number of nitrogens with zero attached hydrogens (tertiary/aromatic N) is 5. The summed E-state index contributed by atoms with van der Waals surface area (Å²) in [6.07, 6.45) is 6.48. The van der Waals surface area contributed by atoms with E-state index in [0.717, 1.165) is 57.2 Å². The number of hydrogen-bond acceptors (Lipinski definition) is 5. The van der Waals surface area contributed by atoms with Crippen LogP contribution in [0.4, 0.5) is 0 Å². The van der Waals surface area contributed by atoms with E-state index < -0.39 is 0 Å². The summed E-state index contributed by atoms with van der Waals surface area (Å²) in [5.41, 5.74) is 0. The van der Waals surface area contributed by atoms with Crippen LogP contribution in [0.1, 0.15) is 63.0 Å². The molecule has 3 rings (SSSR count). The lowest BCUT2D eigenvalue weighted by atomic mass is 9.97. The van der Waals surface area contributed by atoms with Gasteiger partial charge in [0.15, 0.2) is 0 Å². The van der Waals surface area contributed by atoms with Crippen molar-refractivity contribution in [2.75, 3.05) is 39.4 Å². The van der Waals surface area contributed by atoms with Crippen molar-refractivity contribution in [2.45, 2.75) is 57.9 Å². The molecule has 26 heavy (non-hydrogen) atoms. The summed E-state index contributed by atoms with van der Waals surface area (Å²) in [5.74, 6) is 2.55. The average Bonchev–Trinajstić information content (AvgIpc) is 3.03. The van der Waals surface area contributed by atoms with Gasteiger partial charge >= 0.3 is 0 Å². The van der Waals surface area contributed by atoms with E-state index in [1.165, 1.54) is 19.3 Å². The maximum atomic E-state index is 12.4. The molecule has 2 fully saturated rings. The van der Waals surface area contributed by atoms with Crippen molar-refractivity contribution in [3.63, 3.8) is 0 Å². The van der Waals surface area contributed by atoms with Crippen molar-refractivity contribution in [1.82, 2.24) is 24.6 Å². The third-order valence-corrected chi connectivity index (χ3v) is 5.62. The van der Waals surface area contributed by atoms with Crippen molar-refractivity contribution in [1.29, 1.82) is 0 Å². The Bertz CT molecular complexity index is 582. The molecule has 2 saturated heterocycles. The first-order valence-corrected chi connectivity index (χ1v) is 10.1. The molecular weight excluding hydrogens is 330 g/mol. The summed E-state index contributed by atoms with van der Waals surface area (Å²) >= 11 is 0. The molecule has 2 aliphatic heterocycles. The van der Waals surface area contributed by atoms with Gasteiger partial charge in [0.05, 0.1) is 19.6 Å². The molecule has 1 unspecified atom stereocenters. The molecule has 0 spiro atoms. The minimum atomic E-state index is 0.193. The Labute approximate surface area is 156 Å². The quantitative estimate of drug-likeness (QED) is 0.693. The van der Waals surface area contributed by atoms with Gasteiger partial charge in [0.25, 0.3) is 0 Å². The number of rotatable bonds is 7. The zero-order valence-corrected chi connectivity index (χ0v) is 16.3. The third-order valence-electron chi connectivity index (χ3n) is 5.62. The van der Waals surface area contributed by atoms with E-state index >= 15 is 0 Å². The number of likely N-dealkylation sites (tertiary alicyclic amines) is 2. The first-order chi connectivity index (χ1) is 12.7. The second kappa shape index (κ2) is 9.46. The fourth-order valence-electron chi connectivity index (χ4n) is 4.06. The van der Waals surface area contributed by atoms with Crippen LogP contribution in [-0.4, -0.2) is 69.9 Å². The van der Waals surface area contributed by atoms with Crippen LogP contribution < -0.4 is 0 Å². The van der Waals surface area contributed by atoms with E-state index in [1.807, 2.05) is 11.8 Å². The first kappa shape index (κ1) is 19.3. The van der Waals surface area contributed by atoms with Crippen molar-refractivity contribution in [2.24, 2.45) is 7.05 Å². The van der Waals surface area contributed by atoms with E-state index in [1.54, 1.807) is 0 Å². The number of amides is 1. The van der Waals surface area contributed by atoms with Gasteiger partial charge in [0, 0.05) is 32.7 Å². The molecule has 1 amide bonds. The number of hydrogen-bond donors (Lipinski definition) is 0. The van der Waals surface area contributed by atoms with Crippen LogP contribution in [-0.2, 0) is 23.1 Å². The molecule has 3 heterocycles. The number of aromatic nitrogens is 3. The lowest BCUT2D eigenvalue weighted by molar-refractivity contribution is -0.133. The summed E-state index contributed by atoms with van der Waals surface area (Å²) in [7, 11) is 2.07. The maximum absolute atomic E-state index is 12.4. The van der Waals surface area contributed by atoms with Gasteiger partial charge in [-0.3, -0.25) is 9.69 Å². The molecule has 0 aliphatic carbocycles. The van der Waals surface area contributed by atoms with Crippen molar-refractivity contribution >= 4 is 5.91 Å². The Balaban J connectivity index is 1.58. The van der Waals surface area contributed by atoms with Gasteiger partial charge in [0.1, 0.15) is 11.6 Å². The summed E-state index contributed by atoms with van der Waals surface area (Å²) in [5, 5.41) is 8.96. The van der Waals surface area contributed by atoms with Crippen molar-refractivity contribution in [3.8, 4) is 0 Å². The van der Waals surface area contributed by atoms with Crippen molar-refractivity contribution in [3.05, 3.63) is 11.6 Å².